The predicted octanol–water partition coefficient (Wildman–Crippen LogP) is 3.59. The van der Waals surface area contributed by atoms with Gasteiger partial charge in [-0.15, -0.1) is 11.3 Å². The molecule has 4 heterocycles. The lowest BCUT2D eigenvalue weighted by Gasteiger charge is -2.03. The Morgan fingerprint density at radius 2 is 1.88 bits per heavy atom. The minimum Gasteiger partial charge on any atom is -0.397 e. The van der Waals surface area contributed by atoms with E-state index in [-0.39, 0.29) is 5.91 Å². The summed E-state index contributed by atoms with van der Waals surface area (Å²) in [6, 6.07) is 11.0. The van der Waals surface area contributed by atoms with Gasteiger partial charge in [-0.05, 0) is 36.4 Å². The van der Waals surface area contributed by atoms with E-state index in [0.29, 0.717) is 16.3 Å². The fourth-order valence-corrected chi connectivity index (χ4v) is 3.45. The third-order valence-corrected chi connectivity index (χ3v) is 4.81. The van der Waals surface area contributed by atoms with Crippen molar-refractivity contribution >= 4 is 38.8 Å². The highest BCUT2D eigenvalue weighted by molar-refractivity contribution is 7.21. The van der Waals surface area contributed by atoms with E-state index in [1.807, 2.05) is 24.3 Å². The third-order valence-electron chi connectivity index (χ3n) is 3.70. The van der Waals surface area contributed by atoms with Gasteiger partial charge in [0.05, 0.1) is 11.4 Å². The van der Waals surface area contributed by atoms with Crippen molar-refractivity contribution in [2.24, 2.45) is 0 Å². The maximum Gasteiger partial charge on any atom is 0.267 e. The Labute approximate surface area is 147 Å². The van der Waals surface area contributed by atoms with Crippen LogP contribution in [0.1, 0.15) is 9.67 Å². The lowest BCUT2D eigenvalue weighted by Crippen LogP contribution is -2.11. The molecule has 6 nitrogen and oxygen atoms in total. The molecule has 0 aliphatic heterocycles. The van der Waals surface area contributed by atoms with Gasteiger partial charge in [-0.3, -0.25) is 14.8 Å². The van der Waals surface area contributed by atoms with Gasteiger partial charge in [0.2, 0.25) is 0 Å². The van der Waals surface area contributed by atoms with Crippen LogP contribution < -0.4 is 11.1 Å². The van der Waals surface area contributed by atoms with Crippen LogP contribution in [-0.4, -0.2) is 20.9 Å². The largest absolute Gasteiger partial charge is 0.397 e. The molecule has 4 rings (SSSR count). The molecule has 0 spiro atoms. The molecule has 0 aliphatic carbocycles. The number of hydrogen-bond acceptors (Lipinski definition) is 6. The van der Waals surface area contributed by atoms with Crippen molar-refractivity contribution in [1.29, 1.82) is 0 Å². The highest BCUT2D eigenvalue weighted by Crippen LogP contribution is 2.34. The number of hydrogen-bond donors (Lipinski definition) is 2. The summed E-state index contributed by atoms with van der Waals surface area (Å²) >= 11 is 1.28. The van der Waals surface area contributed by atoms with Crippen LogP contribution in [0, 0.1) is 0 Å². The Kier molecular flexibility index (Phi) is 3.83. The number of pyridine rings is 3. The van der Waals surface area contributed by atoms with Crippen molar-refractivity contribution in [1.82, 2.24) is 15.0 Å². The molecule has 4 aromatic heterocycles. The summed E-state index contributed by atoms with van der Waals surface area (Å²) in [6.07, 6.45) is 6.70. The Morgan fingerprint density at radius 3 is 2.64 bits per heavy atom. The van der Waals surface area contributed by atoms with E-state index in [2.05, 4.69) is 20.3 Å². The van der Waals surface area contributed by atoms with Crippen molar-refractivity contribution in [3.05, 3.63) is 66.1 Å². The van der Waals surface area contributed by atoms with Gasteiger partial charge in [-0.25, -0.2) is 4.98 Å². The van der Waals surface area contributed by atoms with E-state index in [1.54, 1.807) is 36.9 Å². The van der Waals surface area contributed by atoms with E-state index < -0.39 is 0 Å². The molecule has 122 valence electrons. The van der Waals surface area contributed by atoms with E-state index in [4.69, 9.17) is 5.73 Å². The van der Waals surface area contributed by atoms with Gasteiger partial charge < -0.3 is 11.1 Å². The van der Waals surface area contributed by atoms with Crippen molar-refractivity contribution in [2.45, 2.75) is 0 Å². The number of carbonyl (C=O) groups is 1. The molecule has 0 saturated carbocycles. The second kappa shape index (κ2) is 6.29. The smallest absolute Gasteiger partial charge is 0.267 e. The summed E-state index contributed by atoms with van der Waals surface area (Å²) in [4.78, 5) is 26.3. The lowest BCUT2D eigenvalue weighted by atomic mass is 10.1. The van der Waals surface area contributed by atoms with Crippen LogP contribution in [0.4, 0.5) is 11.4 Å². The number of anilines is 2. The fourth-order valence-electron chi connectivity index (χ4n) is 2.46. The van der Waals surface area contributed by atoms with Crippen LogP contribution in [0.15, 0.2) is 61.2 Å². The van der Waals surface area contributed by atoms with Crippen LogP contribution in [0.3, 0.4) is 0 Å². The molecular formula is C18H13N5OS. The molecule has 7 heteroatoms. The Balaban J connectivity index is 1.71. The zero-order valence-corrected chi connectivity index (χ0v) is 13.8. The zero-order valence-electron chi connectivity index (χ0n) is 13.0. The quantitative estimate of drug-likeness (QED) is 0.591. The van der Waals surface area contributed by atoms with Gasteiger partial charge in [-0.2, -0.15) is 0 Å². The van der Waals surface area contributed by atoms with Gasteiger partial charge in [0, 0.05) is 41.4 Å². The number of aromatic nitrogens is 3. The summed E-state index contributed by atoms with van der Waals surface area (Å²) in [5.41, 5.74) is 8.99. The molecule has 0 radical (unpaired) electrons. The molecule has 3 N–H and O–H groups in total. The minimum absolute atomic E-state index is 0.255. The van der Waals surface area contributed by atoms with Gasteiger partial charge >= 0.3 is 0 Å². The van der Waals surface area contributed by atoms with Gasteiger partial charge in [-0.1, -0.05) is 0 Å². The minimum atomic E-state index is -0.255. The van der Waals surface area contributed by atoms with Crippen molar-refractivity contribution in [3.8, 4) is 11.3 Å². The van der Waals surface area contributed by atoms with Gasteiger partial charge in [0.1, 0.15) is 9.71 Å². The number of fused-ring (bicyclic) bond motifs is 1. The van der Waals surface area contributed by atoms with Crippen LogP contribution >= 0.6 is 11.3 Å². The van der Waals surface area contributed by atoms with Crippen molar-refractivity contribution < 1.29 is 4.79 Å². The lowest BCUT2D eigenvalue weighted by molar-refractivity contribution is 0.103. The Bertz CT molecular complexity index is 1050. The molecule has 25 heavy (non-hydrogen) atoms. The number of nitrogens with one attached hydrogen (secondary N) is 1. The molecular weight excluding hydrogens is 334 g/mol. The SMILES string of the molecule is Nc1c(C(=O)Nc2ccncc2)sc2nc(-c3cccnc3)ccc12. The topological polar surface area (TPSA) is 93.8 Å². The van der Waals surface area contributed by atoms with Crippen LogP contribution in [0.2, 0.25) is 0 Å². The monoisotopic (exact) mass is 347 g/mol. The molecule has 0 aromatic carbocycles. The first kappa shape index (κ1) is 15.2. The maximum absolute atomic E-state index is 12.5. The molecule has 0 aliphatic rings. The summed E-state index contributed by atoms with van der Waals surface area (Å²) in [5, 5.41) is 3.60. The summed E-state index contributed by atoms with van der Waals surface area (Å²) in [5.74, 6) is -0.255. The fraction of sp³-hybridized carbons (Fsp3) is 0. The van der Waals surface area contributed by atoms with Gasteiger partial charge in [0.15, 0.2) is 0 Å². The van der Waals surface area contributed by atoms with E-state index in [9.17, 15) is 4.79 Å². The van der Waals surface area contributed by atoms with Crippen LogP contribution in [0.5, 0.6) is 0 Å². The van der Waals surface area contributed by atoms with Crippen LogP contribution in [0.25, 0.3) is 21.5 Å². The first-order valence-electron chi connectivity index (χ1n) is 7.53. The molecule has 1 amide bonds. The first-order valence-corrected chi connectivity index (χ1v) is 8.35. The highest BCUT2D eigenvalue weighted by Gasteiger charge is 2.18. The van der Waals surface area contributed by atoms with E-state index >= 15 is 0 Å². The molecule has 0 saturated heterocycles. The first-order chi connectivity index (χ1) is 12.2. The summed E-state index contributed by atoms with van der Waals surface area (Å²) in [6.45, 7) is 0. The number of amides is 1. The van der Waals surface area contributed by atoms with Crippen LogP contribution in [-0.2, 0) is 0 Å². The number of nitrogen functional groups attached to an aromatic ring is 1. The summed E-state index contributed by atoms with van der Waals surface area (Å²) in [7, 11) is 0. The number of carbonyl (C=O) groups excluding carboxylic acids is 1. The second-order valence-electron chi connectivity index (χ2n) is 5.33. The molecule has 0 bridgehead atoms. The third kappa shape index (κ3) is 2.92. The normalized spacial score (nSPS) is 10.7. The zero-order chi connectivity index (χ0) is 17.2. The average molecular weight is 347 g/mol. The molecule has 0 atom stereocenters. The molecule has 4 aromatic rings. The predicted molar refractivity (Wildman–Crippen MR) is 99.5 cm³/mol. The highest BCUT2D eigenvalue weighted by atomic mass is 32.1. The second-order valence-corrected chi connectivity index (χ2v) is 6.32. The van der Waals surface area contributed by atoms with Crippen molar-refractivity contribution in [3.63, 3.8) is 0 Å². The van der Waals surface area contributed by atoms with E-state index in [1.165, 1.54) is 11.3 Å². The average Bonchev–Trinajstić information content (AvgIpc) is 2.99. The van der Waals surface area contributed by atoms with Gasteiger partial charge in [0.25, 0.3) is 5.91 Å². The number of rotatable bonds is 3. The molecule has 0 fully saturated rings. The Hall–Kier alpha value is -3.32. The number of nitrogens with zero attached hydrogens (tertiary/aromatic N) is 3. The Morgan fingerprint density at radius 1 is 1.04 bits per heavy atom. The van der Waals surface area contributed by atoms with Crippen molar-refractivity contribution in [2.75, 3.05) is 11.1 Å². The molecule has 0 unspecified atom stereocenters. The summed E-state index contributed by atoms with van der Waals surface area (Å²) < 4.78 is 0. The standard InChI is InChI=1S/C18H13N5OS/c19-15-13-3-4-14(11-2-1-7-21-10-11)23-18(13)25-16(15)17(24)22-12-5-8-20-9-6-12/h1-10H,19H2,(H,20,22,24). The van der Waals surface area contributed by atoms with E-state index in [0.717, 1.165) is 21.5 Å². The maximum atomic E-state index is 12.5. The number of nitrogens with two attached hydrogens (primary N) is 1. The number of thiophene rings is 1.